The van der Waals surface area contributed by atoms with Crippen LogP contribution in [0.25, 0.3) is 0 Å². The van der Waals surface area contributed by atoms with E-state index in [1.165, 1.54) is 5.56 Å². The van der Waals surface area contributed by atoms with Crippen molar-refractivity contribution in [3.63, 3.8) is 0 Å². The molecule has 0 amide bonds. The van der Waals surface area contributed by atoms with E-state index in [1.54, 1.807) is 12.4 Å². The Kier molecular flexibility index (Phi) is 3.46. The summed E-state index contributed by atoms with van der Waals surface area (Å²) in [5.74, 6) is 0.451. The van der Waals surface area contributed by atoms with E-state index < -0.39 is 0 Å². The van der Waals surface area contributed by atoms with Crippen LogP contribution in [0.5, 0.6) is 0 Å². The summed E-state index contributed by atoms with van der Waals surface area (Å²) < 4.78 is 0. The van der Waals surface area contributed by atoms with Crippen LogP contribution < -0.4 is 11.1 Å². The molecule has 0 atom stereocenters. The van der Waals surface area contributed by atoms with E-state index in [0.29, 0.717) is 12.4 Å². The lowest BCUT2D eigenvalue weighted by Gasteiger charge is -2.04. The molecule has 1 aromatic heterocycles. The van der Waals surface area contributed by atoms with Gasteiger partial charge in [-0.15, -0.1) is 0 Å². The van der Waals surface area contributed by atoms with Crippen molar-refractivity contribution in [2.45, 2.75) is 13.1 Å². The molecule has 0 fully saturated rings. The Balaban J connectivity index is 1.82. The van der Waals surface area contributed by atoms with E-state index in [2.05, 4.69) is 27.4 Å². The van der Waals surface area contributed by atoms with Crippen molar-refractivity contribution >= 4 is 5.82 Å². The van der Waals surface area contributed by atoms with Crippen LogP contribution in [0.1, 0.15) is 11.3 Å². The average Bonchev–Trinajstić information content (AvgIpc) is 2.33. The molecule has 82 valence electrons. The minimum atomic E-state index is 0.451. The minimum Gasteiger partial charge on any atom is -0.382 e. The lowest BCUT2D eigenvalue weighted by molar-refractivity contribution is 0.677. The highest BCUT2D eigenvalue weighted by molar-refractivity contribution is 5.22. The first-order chi connectivity index (χ1) is 7.84. The van der Waals surface area contributed by atoms with Crippen LogP contribution in [0.2, 0.25) is 0 Å². The fraction of sp³-hybridized carbons (Fsp3) is 0.167. The van der Waals surface area contributed by atoms with E-state index in [1.807, 2.05) is 18.2 Å². The first kappa shape index (κ1) is 10.6. The molecule has 16 heavy (non-hydrogen) atoms. The molecular weight excluding hydrogens is 200 g/mol. The number of nitrogens with zero attached hydrogens (tertiary/aromatic N) is 2. The third-order valence-corrected chi connectivity index (χ3v) is 2.20. The first-order valence-electron chi connectivity index (χ1n) is 5.15. The highest BCUT2D eigenvalue weighted by Crippen LogP contribution is 1.99. The summed E-state index contributed by atoms with van der Waals surface area (Å²) in [5, 5.41) is 3.29. The maximum atomic E-state index is 5.45. The normalized spacial score (nSPS) is 10.2. The molecule has 0 aliphatic heterocycles. The smallest absolute Gasteiger partial charge is 0.141 e. The quantitative estimate of drug-likeness (QED) is 0.806. The van der Waals surface area contributed by atoms with Crippen LogP contribution in [0.4, 0.5) is 5.82 Å². The Morgan fingerprint density at radius 1 is 1.00 bits per heavy atom. The van der Waals surface area contributed by atoms with Crippen molar-refractivity contribution in [3.8, 4) is 0 Å². The Hall–Kier alpha value is -1.94. The van der Waals surface area contributed by atoms with Gasteiger partial charge in [-0.05, 0) is 5.56 Å². The SMILES string of the molecule is Nc1cnc(CNCc2ccccc2)cn1. The second-order valence-electron chi connectivity index (χ2n) is 3.52. The second-order valence-corrected chi connectivity index (χ2v) is 3.52. The summed E-state index contributed by atoms with van der Waals surface area (Å²) in [6.45, 7) is 1.52. The van der Waals surface area contributed by atoms with Gasteiger partial charge in [0, 0.05) is 13.1 Å². The van der Waals surface area contributed by atoms with E-state index >= 15 is 0 Å². The largest absolute Gasteiger partial charge is 0.382 e. The van der Waals surface area contributed by atoms with E-state index in [4.69, 9.17) is 5.73 Å². The van der Waals surface area contributed by atoms with Gasteiger partial charge in [-0.2, -0.15) is 0 Å². The third-order valence-electron chi connectivity index (χ3n) is 2.20. The number of hydrogen-bond acceptors (Lipinski definition) is 4. The molecule has 2 aromatic rings. The zero-order chi connectivity index (χ0) is 11.2. The molecule has 1 heterocycles. The molecule has 0 saturated heterocycles. The molecule has 0 saturated carbocycles. The molecular formula is C12H14N4. The van der Waals surface area contributed by atoms with Gasteiger partial charge >= 0.3 is 0 Å². The van der Waals surface area contributed by atoms with Gasteiger partial charge in [-0.1, -0.05) is 30.3 Å². The number of nitrogen functional groups attached to an aromatic ring is 1. The van der Waals surface area contributed by atoms with Gasteiger partial charge in [-0.3, -0.25) is 4.98 Å². The van der Waals surface area contributed by atoms with Crippen molar-refractivity contribution in [3.05, 3.63) is 54.0 Å². The zero-order valence-electron chi connectivity index (χ0n) is 8.93. The first-order valence-corrected chi connectivity index (χ1v) is 5.15. The topological polar surface area (TPSA) is 63.8 Å². The molecule has 0 spiro atoms. The lowest BCUT2D eigenvalue weighted by Crippen LogP contribution is -2.13. The minimum absolute atomic E-state index is 0.451. The lowest BCUT2D eigenvalue weighted by atomic mass is 10.2. The number of benzene rings is 1. The molecule has 3 N–H and O–H groups in total. The van der Waals surface area contributed by atoms with Crippen LogP contribution in [0.15, 0.2) is 42.7 Å². The molecule has 0 aliphatic rings. The number of aromatic nitrogens is 2. The van der Waals surface area contributed by atoms with Gasteiger partial charge in [0.25, 0.3) is 0 Å². The van der Waals surface area contributed by atoms with Gasteiger partial charge in [-0.25, -0.2) is 4.98 Å². The maximum Gasteiger partial charge on any atom is 0.141 e. The summed E-state index contributed by atoms with van der Waals surface area (Å²) in [7, 11) is 0. The zero-order valence-corrected chi connectivity index (χ0v) is 8.93. The van der Waals surface area contributed by atoms with Gasteiger partial charge < -0.3 is 11.1 Å². The van der Waals surface area contributed by atoms with Gasteiger partial charge in [0.05, 0.1) is 18.1 Å². The highest BCUT2D eigenvalue weighted by Gasteiger charge is 1.95. The number of rotatable bonds is 4. The summed E-state index contributed by atoms with van der Waals surface area (Å²) in [6, 6.07) is 10.2. The van der Waals surface area contributed by atoms with Crippen molar-refractivity contribution in [1.29, 1.82) is 0 Å². The summed E-state index contributed by atoms with van der Waals surface area (Å²) in [5.41, 5.74) is 7.60. The van der Waals surface area contributed by atoms with Crippen molar-refractivity contribution in [2.75, 3.05) is 5.73 Å². The molecule has 4 nitrogen and oxygen atoms in total. The molecule has 4 heteroatoms. The number of anilines is 1. The predicted molar refractivity (Wildman–Crippen MR) is 63.4 cm³/mol. The molecule has 0 bridgehead atoms. The molecule has 1 aromatic carbocycles. The fourth-order valence-corrected chi connectivity index (χ4v) is 1.39. The summed E-state index contributed by atoms with van der Waals surface area (Å²) in [4.78, 5) is 8.14. The standard InChI is InChI=1S/C12H14N4/c13-12-9-15-11(8-16-12)7-14-6-10-4-2-1-3-5-10/h1-5,8-9,14H,6-7H2,(H2,13,16). The van der Waals surface area contributed by atoms with Crippen LogP contribution in [-0.2, 0) is 13.1 Å². The van der Waals surface area contributed by atoms with E-state index in [0.717, 1.165) is 12.2 Å². The summed E-state index contributed by atoms with van der Waals surface area (Å²) in [6.07, 6.45) is 3.26. The van der Waals surface area contributed by atoms with Gasteiger partial charge in [0.1, 0.15) is 5.82 Å². The molecule has 0 unspecified atom stereocenters. The number of hydrogen-bond donors (Lipinski definition) is 2. The van der Waals surface area contributed by atoms with Gasteiger partial charge in [0.15, 0.2) is 0 Å². The van der Waals surface area contributed by atoms with Crippen molar-refractivity contribution in [2.24, 2.45) is 0 Å². The Morgan fingerprint density at radius 3 is 2.50 bits per heavy atom. The Morgan fingerprint density at radius 2 is 1.81 bits per heavy atom. The monoisotopic (exact) mass is 214 g/mol. The highest BCUT2D eigenvalue weighted by atomic mass is 14.9. The fourth-order valence-electron chi connectivity index (χ4n) is 1.39. The molecule has 2 rings (SSSR count). The van der Waals surface area contributed by atoms with Crippen LogP contribution >= 0.6 is 0 Å². The third kappa shape index (κ3) is 3.03. The van der Waals surface area contributed by atoms with Crippen LogP contribution in [-0.4, -0.2) is 9.97 Å². The second kappa shape index (κ2) is 5.23. The molecule has 0 aliphatic carbocycles. The Bertz CT molecular complexity index is 425. The van der Waals surface area contributed by atoms with Crippen LogP contribution in [0, 0.1) is 0 Å². The van der Waals surface area contributed by atoms with Crippen molar-refractivity contribution in [1.82, 2.24) is 15.3 Å². The predicted octanol–water partition coefficient (Wildman–Crippen LogP) is 1.35. The van der Waals surface area contributed by atoms with E-state index in [-0.39, 0.29) is 0 Å². The van der Waals surface area contributed by atoms with Crippen molar-refractivity contribution < 1.29 is 0 Å². The number of nitrogens with one attached hydrogen (secondary N) is 1. The van der Waals surface area contributed by atoms with E-state index in [9.17, 15) is 0 Å². The number of nitrogens with two attached hydrogens (primary N) is 1. The molecule has 0 radical (unpaired) electrons. The van der Waals surface area contributed by atoms with Gasteiger partial charge in [0.2, 0.25) is 0 Å². The average molecular weight is 214 g/mol. The Labute approximate surface area is 94.5 Å². The summed E-state index contributed by atoms with van der Waals surface area (Å²) >= 11 is 0. The van der Waals surface area contributed by atoms with Crippen LogP contribution in [0.3, 0.4) is 0 Å². The maximum absolute atomic E-state index is 5.45.